The van der Waals surface area contributed by atoms with Gasteiger partial charge in [-0.1, -0.05) is 6.92 Å². The van der Waals surface area contributed by atoms with Gasteiger partial charge in [-0.15, -0.1) is 0 Å². The summed E-state index contributed by atoms with van der Waals surface area (Å²) in [4.78, 5) is 22.2. The number of hydrogen-bond donors (Lipinski definition) is 2. The smallest absolute Gasteiger partial charge is 0.248 e. The molecule has 0 radical (unpaired) electrons. The number of H-pyrrole nitrogens is 1. The van der Waals surface area contributed by atoms with Crippen LogP contribution in [0.4, 0.5) is 19.0 Å². The van der Waals surface area contributed by atoms with Crippen molar-refractivity contribution in [1.29, 1.82) is 0 Å². The number of nitrogens with zero attached hydrogens (tertiary/aromatic N) is 2. The number of benzene rings is 1. The van der Waals surface area contributed by atoms with Crippen LogP contribution in [0.15, 0.2) is 41.3 Å². The molecular weight excluding hydrogens is 357 g/mol. The first-order chi connectivity index (χ1) is 13.0. The lowest BCUT2D eigenvalue weighted by molar-refractivity contribution is 0.497. The first kappa shape index (κ1) is 18.6. The summed E-state index contributed by atoms with van der Waals surface area (Å²) in [6.07, 6.45) is 2.67. The van der Waals surface area contributed by atoms with Gasteiger partial charge in [0, 0.05) is 36.6 Å². The topological polar surface area (TPSA) is 70.7 Å². The molecule has 0 aliphatic heterocycles. The second kappa shape index (κ2) is 8.03. The lowest BCUT2D eigenvalue weighted by Crippen LogP contribution is -2.11. The molecule has 0 aliphatic carbocycles. The maximum atomic E-state index is 14.1. The minimum atomic E-state index is -1.29. The normalized spacial score (nSPS) is 10.8. The molecule has 27 heavy (non-hydrogen) atoms. The minimum absolute atomic E-state index is 0.0936. The largest absolute Gasteiger partial charge is 0.370 e. The Bertz CT molecular complexity index is 1020. The van der Waals surface area contributed by atoms with Crippen LogP contribution in [0, 0.1) is 17.5 Å². The van der Waals surface area contributed by atoms with Crippen molar-refractivity contribution in [3.05, 3.63) is 75.6 Å². The van der Waals surface area contributed by atoms with Gasteiger partial charge in [0.25, 0.3) is 0 Å². The molecule has 0 saturated carbocycles. The SMILES string of the molecule is CCc1cc(NCCc2cc[nH]c(=O)c2)nc(-c2cc(F)cc(F)c2F)n1. The second-order valence-corrected chi connectivity index (χ2v) is 5.91. The molecule has 0 saturated heterocycles. The van der Waals surface area contributed by atoms with Gasteiger partial charge < -0.3 is 10.3 Å². The number of aromatic nitrogens is 3. The van der Waals surface area contributed by atoms with Crippen molar-refractivity contribution in [3.8, 4) is 11.4 Å². The highest BCUT2D eigenvalue weighted by Crippen LogP contribution is 2.24. The fourth-order valence-corrected chi connectivity index (χ4v) is 2.59. The van der Waals surface area contributed by atoms with Crippen molar-refractivity contribution in [3.63, 3.8) is 0 Å². The zero-order chi connectivity index (χ0) is 19.4. The Labute approximate surface area is 153 Å². The van der Waals surface area contributed by atoms with E-state index in [1.54, 1.807) is 18.3 Å². The number of anilines is 1. The molecule has 2 heterocycles. The molecule has 0 unspecified atom stereocenters. The van der Waals surface area contributed by atoms with Crippen LogP contribution >= 0.6 is 0 Å². The molecule has 2 N–H and O–H groups in total. The molecule has 3 aromatic rings. The molecule has 3 rings (SSSR count). The molecule has 0 spiro atoms. The van der Waals surface area contributed by atoms with E-state index in [-0.39, 0.29) is 16.9 Å². The Morgan fingerprint density at radius 3 is 2.67 bits per heavy atom. The maximum Gasteiger partial charge on any atom is 0.248 e. The first-order valence-electron chi connectivity index (χ1n) is 8.40. The number of hydrogen-bond acceptors (Lipinski definition) is 4. The molecule has 0 fully saturated rings. The zero-order valence-electron chi connectivity index (χ0n) is 14.5. The van der Waals surface area contributed by atoms with Gasteiger partial charge in [-0.2, -0.15) is 0 Å². The van der Waals surface area contributed by atoms with Crippen molar-refractivity contribution in [2.24, 2.45) is 0 Å². The molecule has 1 aromatic carbocycles. The van der Waals surface area contributed by atoms with Crippen LogP contribution in [-0.4, -0.2) is 21.5 Å². The lowest BCUT2D eigenvalue weighted by Gasteiger charge is -2.10. The average molecular weight is 374 g/mol. The van der Waals surface area contributed by atoms with Crippen LogP contribution in [0.3, 0.4) is 0 Å². The molecule has 5 nitrogen and oxygen atoms in total. The molecular formula is C19H17F3N4O. The van der Waals surface area contributed by atoms with E-state index in [0.717, 1.165) is 11.6 Å². The third-order valence-electron chi connectivity index (χ3n) is 3.93. The van der Waals surface area contributed by atoms with Crippen LogP contribution in [0.5, 0.6) is 0 Å². The van der Waals surface area contributed by atoms with Gasteiger partial charge in [0.05, 0.1) is 5.56 Å². The predicted octanol–water partition coefficient (Wildman–Crippen LogP) is 3.47. The van der Waals surface area contributed by atoms with E-state index in [2.05, 4.69) is 20.3 Å². The van der Waals surface area contributed by atoms with Gasteiger partial charge in [-0.3, -0.25) is 4.79 Å². The van der Waals surface area contributed by atoms with Crippen LogP contribution in [0.25, 0.3) is 11.4 Å². The van der Waals surface area contributed by atoms with Crippen molar-refractivity contribution >= 4 is 5.82 Å². The van der Waals surface area contributed by atoms with Crippen LogP contribution in [0.1, 0.15) is 18.2 Å². The summed E-state index contributed by atoms with van der Waals surface area (Å²) in [7, 11) is 0. The zero-order valence-corrected chi connectivity index (χ0v) is 14.5. The minimum Gasteiger partial charge on any atom is -0.370 e. The van der Waals surface area contributed by atoms with E-state index in [1.807, 2.05) is 6.92 Å². The molecule has 140 valence electrons. The number of aryl methyl sites for hydroxylation is 1. The standard InChI is InChI=1S/C19H17F3N4O/c1-2-13-10-16(23-5-3-11-4-6-24-17(27)7-11)26-19(25-13)14-8-12(20)9-15(21)18(14)22/h4,6-10H,2-3,5H2,1H3,(H,24,27)(H,23,25,26). The van der Waals surface area contributed by atoms with Gasteiger partial charge in [0.2, 0.25) is 5.56 Å². The summed E-state index contributed by atoms with van der Waals surface area (Å²) in [6, 6.07) is 6.32. The highest BCUT2D eigenvalue weighted by Gasteiger charge is 2.16. The maximum absolute atomic E-state index is 14.1. The Hall–Kier alpha value is -3.16. The Balaban J connectivity index is 1.85. The number of pyridine rings is 1. The summed E-state index contributed by atoms with van der Waals surface area (Å²) in [5.41, 5.74) is 0.923. The summed E-state index contributed by atoms with van der Waals surface area (Å²) in [6.45, 7) is 2.32. The van der Waals surface area contributed by atoms with Gasteiger partial charge >= 0.3 is 0 Å². The number of nitrogens with one attached hydrogen (secondary N) is 2. The lowest BCUT2D eigenvalue weighted by atomic mass is 10.1. The summed E-state index contributed by atoms with van der Waals surface area (Å²) in [5.74, 6) is -3.08. The molecule has 0 bridgehead atoms. The van der Waals surface area contributed by atoms with Crippen molar-refractivity contribution in [1.82, 2.24) is 15.0 Å². The highest BCUT2D eigenvalue weighted by molar-refractivity contribution is 5.59. The number of aromatic amines is 1. The quantitative estimate of drug-likeness (QED) is 0.648. The third kappa shape index (κ3) is 4.52. The van der Waals surface area contributed by atoms with E-state index in [1.165, 1.54) is 6.07 Å². The fraction of sp³-hybridized carbons (Fsp3) is 0.211. The average Bonchev–Trinajstić information content (AvgIpc) is 2.64. The van der Waals surface area contributed by atoms with Crippen molar-refractivity contribution in [2.45, 2.75) is 19.8 Å². The van der Waals surface area contributed by atoms with Gasteiger partial charge in [0.15, 0.2) is 17.5 Å². The summed E-state index contributed by atoms with van der Waals surface area (Å²) >= 11 is 0. The van der Waals surface area contributed by atoms with Gasteiger partial charge in [-0.05, 0) is 30.5 Å². The first-order valence-corrected chi connectivity index (χ1v) is 8.40. The molecule has 0 aliphatic rings. The second-order valence-electron chi connectivity index (χ2n) is 5.91. The van der Waals surface area contributed by atoms with Gasteiger partial charge in [-0.25, -0.2) is 23.1 Å². The fourth-order valence-electron chi connectivity index (χ4n) is 2.59. The number of halogens is 3. The van der Waals surface area contributed by atoms with E-state index >= 15 is 0 Å². The van der Waals surface area contributed by atoms with Crippen molar-refractivity contribution in [2.75, 3.05) is 11.9 Å². The Morgan fingerprint density at radius 1 is 1.11 bits per heavy atom. The molecule has 0 atom stereocenters. The molecule has 0 amide bonds. The van der Waals surface area contributed by atoms with E-state index in [0.29, 0.717) is 37.0 Å². The third-order valence-corrected chi connectivity index (χ3v) is 3.93. The Kier molecular flexibility index (Phi) is 5.54. The molecule has 8 heteroatoms. The van der Waals surface area contributed by atoms with Crippen LogP contribution < -0.4 is 10.9 Å². The van der Waals surface area contributed by atoms with Crippen LogP contribution in [-0.2, 0) is 12.8 Å². The Morgan fingerprint density at radius 2 is 1.93 bits per heavy atom. The highest BCUT2D eigenvalue weighted by atomic mass is 19.2. The van der Waals surface area contributed by atoms with E-state index in [9.17, 15) is 18.0 Å². The summed E-state index contributed by atoms with van der Waals surface area (Å²) < 4.78 is 41.1. The van der Waals surface area contributed by atoms with Gasteiger partial charge in [0.1, 0.15) is 11.6 Å². The van der Waals surface area contributed by atoms with Crippen LogP contribution in [0.2, 0.25) is 0 Å². The predicted molar refractivity (Wildman–Crippen MR) is 96.0 cm³/mol. The monoisotopic (exact) mass is 374 g/mol. The summed E-state index contributed by atoms with van der Waals surface area (Å²) in [5, 5.41) is 3.07. The molecule has 2 aromatic heterocycles. The number of rotatable bonds is 6. The van der Waals surface area contributed by atoms with Crippen molar-refractivity contribution < 1.29 is 13.2 Å². The van der Waals surface area contributed by atoms with E-state index < -0.39 is 17.5 Å². The van der Waals surface area contributed by atoms with E-state index in [4.69, 9.17) is 0 Å².